The van der Waals surface area contributed by atoms with Crippen molar-refractivity contribution in [3.05, 3.63) is 0 Å². The summed E-state index contributed by atoms with van der Waals surface area (Å²) in [5, 5.41) is 0. The highest BCUT2D eigenvalue weighted by Crippen LogP contribution is 2.19. The highest BCUT2D eigenvalue weighted by Gasteiger charge is 2.17. The van der Waals surface area contributed by atoms with E-state index >= 15 is 0 Å². The second-order valence-electron chi connectivity index (χ2n) is 5.05. The van der Waals surface area contributed by atoms with Crippen LogP contribution in [-0.2, 0) is 0 Å². The second kappa shape index (κ2) is 11.2. The van der Waals surface area contributed by atoms with Gasteiger partial charge in [-0.05, 0) is 51.4 Å². The van der Waals surface area contributed by atoms with Gasteiger partial charge in [0.15, 0.2) is 0 Å². The maximum atomic E-state index is 12.4. The molecule has 2 rings (SSSR count). The highest BCUT2D eigenvalue weighted by atomic mass is 35.5. The Bertz CT molecular complexity index is 163. The van der Waals surface area contributed by atoms with Crippen LogP contribution in [0.25, 0.3) is 0 Å². The third-order valence-corrected chi connectivity index (χ3v) is 3.30. The summed E-state index contributed by atoms with van der Waals surface area (Å²) >= 11 is 0. The minimum atomic E-state index is -0.612. The van der Waals surface area contributed by atoms with Gasteiger partial charge in [-0.1, -0.05) is 0 Å². The molecule has 2 aliphatic rings. The van der Waals surface area contributed by atoms with Crippen molar-refractivity contribution in [2.75, 3.05) is 0 Å². The zero-order chi connectivity index (χ0) is 12.0. The fraction of sp³-hybridized carbons (Fsp3) is 1.00. The van der Waals surface area contributed by atoms with Crippen molar-refractivity contribution in [1.29, 1.82) is 0 Å². The van der Waals surface area contributed by atoms with E-state index in [1.54, 1.807) is 0 Å². The van der Waals surface area contributed by atoms with E-state index < -0.39 is 12.3 Å². The fourth-order valence-electron chi connectivity index (χ4n) is 2.33. The lowest BCUT2D eigenvalue weighted by atomic mass is 9.95. The van der Waals surface area contributed by atoms with E-state index in [9.17, 15) is 8.78 Å². The Balaban J connectivity index is 0. The van der Waals surface area contributed by atoms with Crippen molar-refractivity contribution >= 4 is 24.8 Å². The number of rotatable bonds is 0. The van der Waals surface area contributed by atoms with Gasteiger partial charge < -0.3 is 11.5 Å². The summed E-state index contributed by atoms with van der Waals surface area (Å²) in [5.41, 5.74) is 11.0. The van der Waals surface area contributed by atoms with Gasteiger partial charge in [-0.15, -0.1) is 24.8 Å². The summed E-state index contributed by atoms with van der Waals surface area (Å²) in [6.07, 6.45) is 5.38. The van der Waals surface area contributed by atoms with Crippen LogP contribution in [-0.4, -0.2) is 24.4 Å². The van der Waals surface area contributed by atoms with E-state index in [4.69, 9.17) is 11.5 Å². The van der Waals surface area contributed by atoms with E-state index in [1.165, 1.54) is 0 Å². The first-order chi connectivity index (χ1) is 7.58. The number of nitrogens with two attached hydrogens (primary N) is 2. The molecule has 0 aromatic carbocycles. The Labute approximate surface area is 121 Å². The predicted molar refractivity (Wildman–Crippen MR) is 77.2 cm³/mol. The maximum absolute atomic E-state index is 12.4. The molecule has 112 valence electrons. The van der Waals surface area contributed by atoms with Crippen LogP contribution in [0, 0.1) is 0 Å². The molecule has 0 heterocycles. The van der Waals surface area contributed by atoms with E-state index in [1.807, 2.05) is 0 Å². The zero-order valence-corrected chi connectivity index (χ0v) is 12.3. The standard InChI is InChI=1S/2C6H12FN.2ClH/c2*7-5-2-1-3-6(8)4-5;;/h2*5-6H,1-4,8H2;2*1H/t2*5-,6+;;/m10../s1. The van der Waals surface area contributed by atoms with Crippen molar-refractivity contribution < 1.29 is 8.78 Å². The molecule has 4 atom stereocenters. The monoisotopic (exact) mass is 306 g/mol. The molecule has 2 saturated carbocycles. The van der Waals surface area contributed by atoms with Crippen molar-refractivity contribution in [1.82, 2.24) is 0 Å². The lowest BCUT2D eigenvalue weighted by molar-refractivity contribution is 0.232. The predicted octanol–water partition coefficient (Wildman–Crippen LogP) is 3.30. The zero-order valence-electron chi connectivity index (χ0n) is 10.7. The van der Waals surface area contributed by atoms with Crippen LogP contribution >= 0.6 is 24.8 Å². The minimum absolute atomic E-state index is 0. The number of hydrogen-bond acceptors (Lipinski definition) is 2. The van der Waals surface area contributed by atoms with Crippen LogP contribution in [0.2, 0.25) is 0 Å². The quantitative estimate of drug-likeness (QED) is 0.721. The Morgan fingerprint density at radius 1 is 0.667 bits per heavy atom. The average molecular weight is 307 g/mol. The minimum Gasteiger partial charge on any atom is -0.328 e. The van der Waals surface area contributed by atoms with Crippen molar-refractivity contribution in [2.24, 2.45) is 11.5 Å². The molecular weight excluding hydrogens is 281 g/mol. The molecule has 0 amide bonds. The molecule has 18 heavy (non-hydrogen) atoms. The van der Waals surface area contributed by atoms with E-state index in [0.29, 0.717) is 12.8 Å². The number of halogens is 4. The summed E-state index contributed by atoms with van der Waals surface area (Å²) in [5.74, 6) is 0. The lowest BCUT2D eigenvalue weighted by Gasteiger charge is -2.19. The van der Waals surface area contributed by atoms with Crippen molar-refractivity contribution in [3.63, 3.8) is 0 Å². The number of alkyl halides is 2. The molecule has 2 nitrogen and oxygen atoms in total. The second-order valence-corrected chi connectivity index (χ2v) is 5.05. The van der Waals surface area contributed by atoms with Crippen LogP contribution in [0.4, 0.5) is 8.78 Å². The summed E-state index contributed by atoms with van der Waals surface area (Å²) in [6.45, 7) is 0. The van der Waals surface area contributed by atoms with Crippen LogP contribution in [0.1, 0.15) is 51.4 Å². The maximum Gasteiger partial charge on any atom is 0.102 e. The normalized spacial score (nSPS) is 35.3. The first-order valence-electron chi connectivity index (χ1n) is 6.37. The molecule has 0 radical (unpaired) electrons. The van der Waals surface area contributed by atoms with Gasteiger partial charge in [-0.25, -0.2) is 8.78 Å². The Morgan fingerprint density at radius 3 is 1.17 bits per heavy atom. The molecule has 0 aliphatic heterocycles. The fourth-order valence-corrected chi connectivity index (χ4v) is 2.33. The van der Waals surface area contributed by atoms with Gasteiger partial charge >= 0.3 is 0 Å². The average Bonchev–Trinajstić information content (AvgIpc) is 2.17. The van der Waals surface area contributed by atoms with Gasteiger partial charge in [0, 0.05) is 12.1 Å². The van der Waals surface area contributed by atoms with Gasteiger partial charge in [0.25, 0.3) is 0 Å². The third-order valence-electron chi connectivity index (χ3n) is 3.30. The molecule has 4 N–H and O–H groups in total. The molecule has 2 fully saturated rings. The van der Waals surface area contributed by atoms with Gasteiger partial charge in [-0.2, -0.15) is 0 Å². The first kappa shape index (κ1) is 20.7. The molecular formula is C12H26Cl2F2N2. The summed E-state index contributed by atoms with van der Waals surface area (Å²) in [4.78, 5) is 0. The largest absolute Gasteiger partial charge is 0.328 e. The molecule has 0 saturated heterocycles. The van der Waals surface area contributed by atoms with Gasteiger partial charge in [0.05, 0.1) is 0 Å². The molecule has 0 spiro atoms. The smallest absolute Gasteiger partial charge is 0.102 e. The summed E-state index contributed by atoms with van der Waals surface area (Å²) in [6, 6.07) is 0.275. The van der Waals surface area contributed by atoms with Crippen LogP contribution in [0.3, 0.4) is 0 Å². The topological polar surface area (TPSA) is 52.0 Å². The SMILES string of the molecule is Cl.Cl.N[C@@H]1CCC[C@H](F)C1.N[C@H]1CCC[C@@H](F)C1. The summed E-state index contributed by atoms with van der Waals surface area (Å²) < 4.78 is 24.7. The van der Waals surface area contributed by atoms with E-state index in [-0.39, 0.29) is 36.9 Å². The molecule has 0 unspecified atom stereocenters. The highest BCUT2D eigenvalue weighted by molar-refractivity contribution is 5.85. The third kappa shape index (κ3) is 9.31. The Kier molecular flexibility index (Phi) is 12.9. The van der Waals surface area contributed by atoms with Gasteiger partial charge in [0.2, 0.25) is 0 Å². The molecule has 0 aromatic rings. The van der Waals surface area contributed by atoms with Crippen LogP contribution in [0.5, 0.6) is 0 Å². The molecule has 2 aliphatic carbocycles. The van der Waals surface area contributed by atoms with Crippen LogP contribution in [0.15, 0.2) is 0 Å². The lowest BCUT2D eigenvalue weighted by Crippen LogP contribution is -2.28. The molecule has 6 heteroatoms. The van der Waals surface area contributed by atoms with Crippen LogP contribution < -0.4 is 11.5 Å². The summed E-state index contributed by atoms with van der Waals surface area (Å²) in [7, 11) is 0. The molecule has 0 bridgehead atoms. The van der Waals surface area contributed by atoms with E-state index in [2.05, 4.69) is 0 Å². The number of hydrogen-bond donors (Lipinski definition) is 2. The molecule has 0 aromatic heterocycles. The Hall–Kier alpha value is 0.360. The van der Waals surface area contributed by atoms with Crippen molar-refractivity contribution in [2.45, 2.75) is 75.8 Å². The van der Waals surface area contributed by atoms with Gasteiger partial charge in [0.1, 0.15) is 12.3 Å². The van der Waals surface area contributed by atoms with Crippen molar-refractivity contribution in [3.8, 4) is 0 Å². The van der Waals surface area contributed by atoms with E-state index in [0.717, 1.165) is 38.5 Å². The van der Waals surface area contributed by atoms with Gasteiger partial charge in [-0.3, -0.25) is 0 Å². The first-order valence-corrected chi connectivity index (χ1v) is 6.37. The Morgan fingerprint density at radius 2 is 1.00 bits per heavy atom.